The van der Waals surface area contributed by atoms with E-state index in [-0.39, 0.29) is 23.9 Å². The van der Waals surface area contributed by atoms with Crippen LogP contribution in [-0.2, 0) is 4.79 Å². The van der Waals surface area contributed by atoms with Gasteiger partial charge in [0.2, 0.25) is 5.91 Å². The van der Waals surface area contributed by atoms with Gasteiger partial charge < -0.3 is 10.6 Å². The Bertz CT molecular complexity index is 787. The third-order valence-corrected chi connectivity index (χ3v) is 4.71. The molecule has 2 atom stereocenters. The minimum atomic E-state index is -0.276. The predicted octanol–water partition coefficient (Wildman–Crippen LogP) is 2.99. The first kappa shape index (κ1) is 17.9. The molecule has 5 nitrogen and oxygen atoms in total. The van der Waals surface area contributed by atoms with Gasteiger partial charge in [-0.2, -0.15) is 0 Å². The summed E-state index contributed by atoms with van der Waals surface area (Å²) in [6.07, 6.45) is 2.12. The predicted molar refractivity (Wildman–Crippen MR) is 103 cm³/mol. The Morgan fingerprint density at radius 2 is 1.81 bits per heavy atom. The molecule has 1 aliphatic rings. The first-order valence-corrected chi connectivity index (χ1v) is 8.68. The summed E-state index contributed by atoms with van der Waals surface area (Å²) in [6, 6.07) is 17.3. The number of rotatable bonds is 5. The van der Waals surface area contributed by atoms with Crippen molar-refractivity contribution in [3.63, 3.8) is 0 Å². The van der Waals surface area contributed by atoms with E-state index >= 15 is 0 Å². The fourth-order valence-corrected chi connectivity index (χ4v) is 3.38. The number of amides is 2. The van der Waals surface area contributed by atoms with Crippen molar-refractivity contribution < 1.29 is 9.59 Å². The van der Waals surface area contributed by atoms with Gasteiger partial charge in [0.15, 0.2) is 0 Å². The van der Waals surface area contributed by atoms with Crippen molar-refractivity contribution in [3.05, 3.63) is 78.4 Å². The molecule has 1 fully saturated rings. The first-order valence-electron chi connectivity index (χ1n) is 8.68. The summed E-state index contributed by atoms with van der Waals surface area (Å²) < 4.78 is 0. The summed E-state index contributed by atoms with van der Waals surface area (Å²) in [4.78, 5) is 26.2. The number of nitrogens with one attached hydrogen (secondary N) is 2. The van der Waals surface area contributed by atoms with Gasteiger partial charge in [-0.05, 0) is 49.4 Å². The fraction of sp³-hybridized carbons (Fsp3) is 0.238. The summed E-state index contributed by atoms with van der Waals surface area (Å²) >= 11 is 0. The molecule has 0 aromatic heterocycles. The molecular weight excluding hydrogens is 326 g/mol. The lowest BCUT2D eigenvalue weighted by molar-refractivity contribution is -0.111. The SMILES string of the molecule is C=CC(=O)Nc1ccc(C(=O)N[C@@H]2CCN(C)[C@H]2c2ccccc2)cc1. The van der Waals surface area contributed by atoms with Gasteiger partial charge in [-0.15, -0.1) is 0 Å². The average molecular weight is 349 g/mol. The van der Waals surface area contributed by atoms with E-state index in [2.05, 4.69) is 41.3 Å². The second-order valence-corrected chi connectivity index (χ2v) is 6.48. The molecule has 2 amide bonds. The lowest BCUT2D eigenvalue weighted by atomic mass is 10.00. The van der Waals surface area contributed by atoms with Crippen molar-refractivity contribution in [3.8, 4) is 0 Å². The minimum absolute atomic E-state index is 0.0649. The van der Waals surface area contributed by atoms with Crippen LogP contribution in [0.2, 0.25) is 0 Å². The summed E-state index contributed by atoms with van der Waals surface area (Å²) in [5.74, 6) is -0.380. The number of anilines is 1. The Kier molecular flexibility index (Phi) is 5.49. The number of likely N-dealkylation sites (tertiary alicyclic amines) is 1. The van der Waals surface area contributed by atoms with E-state index in [9.17, 15) is 9.59 Å². The molecule has 0 spiro atoms. The van der Waals surface area contributed by atoms with Gasteiger partial charge in [-0.1, -0.05) is 36.9 Å². The molecule has 0 saturated carbocycles. The van der Waals surface area contributed by atoms with E-state index < -0.39 is 0 Å². The summed E-state index contributed by atoms with van der Waals surface area (Å²) in [5, 5.41) is 5.83. The average Bonchev–Trinajstić information content (AvgIpc) is 3.03. The van der Waals surface area contributed by atoms with Crippen LogP contribution < -0.4 is 10.6 Å². The highest BCUT2D eigenvalue weighted by molar-refractivity contribution is 5.99. The molecular formula is C21H23N3O2. The number of benzene rings is 2. The standard InChI is InChI=1S/C21H23N3O2/c1-3-19(25)22-17-11-9-16(10-12-17)21(26)23-18-13-14-24(2)20(18)15-7-5-4-6-8-15/h3-12,18,20H,1,13-14H2,2H3,(H,22,25)(H,23,26)/t18-,20+/m1/s1. The van der Waals surface area contributed by atoms with Crippen molar-refractivity contribution >= 4 is 17.5 Å². The van der Waals surface area contributed by atoms with Gasteiger partial charge in [0.1, 0.15) is 0 Å². The van der Waals surface area contributed by atoms with Gasteiger partial charge in [0, 0.05) is 17.8 Å². The van der Waals surface area contributed by atoms with Crippen molar-refractivity contribution in [2.75, 3.05) is 18.9 Å². The van der Waals surface area contributed by atoms with E-state index in [4.69, 9.17) is 0 Å². The molecule has 0 bridgehead atoms. The lowest BCUT2D eigenvalue weighted by Gasteiger charge is -2.26. The van der Waals surface area contributed by atoms with Crippen LogP contribution in [0.1, 0.15) is 28.4 Å². The molecule has 2 aromatic rings. The van der Waals surface area contributed by atoms with Crippen molar-refractivity contribution in [2.45, 2.75) is 18.5 Å². The topological polar surface area (TPSA) is 61.4 Å². The quantitative estimate of drug-likeness (QED) is 0.816. The molecule has 0 aliphatic carbocycles. The smallest absolute Gasteiger partial charge is 0.251 e. The summed E-state index contributed by atoms with van der Waals surface area (Å²) in [7, 11) is 2.08. The van der Waals surface area contributed by atoms with Crippen LogP contribution in [-0.4, -0.2) is 36.3 Å². The number of carbonyl (C=O) groups excluding carboxylic acids is 2. The molecule has 1 saturated heterocycles. The van der Waals surface area contributed by atoms with Gasteiger partial charge in [-0.3, -0.25) is 14.5 Å². The number of carbonyl (C=O) groups is 2. The van der Waals surface area contributed by atoms with E-state index in [1.54, 1.807) is 24.3 Å². The molecule has 0 unspecified atom stereocenters. The number of likely N-dealkylation sites (N-methyl/N-ethyl adjacent to an activating group) is 1. The van der Waals surface area contributed by atoms with Crippen molar-refractivity contribution in [2.24, 2.45) is 0 Å². The first-order chi connectivity index (χ1) is 12.6. The zero-order valence-corrected chi connectivity index (χ0v) is 14.8. The molecule has 1 heterocycles. The second-order valence-electron chi connectivity index (χ2n) is 6.48. The Morgan fingerprint density at radius 1 is 1.12 bits per heavy atom. The minimum Gasteiger partial charge on any atom is -0.347 e. The summed E-state index contributed by atoms with van der Waals surface area (Å²) in [6.45, 7) is 4.36. The monoisotopic (exact) mass is 349 g/mol. The second kappa shape index (κ2) is 7.97. The maximum absolute atomic E-state index is 12.6. The highest BCUT2D eigenvalue weighted by Gasteiger charge is 2.33. The Morgan fingerprint density at radius 3 is 2.46 bits per heavy atom. The van der Waals surface area contributed by atoms with Crippen molar-refractivity contribution in [1.29, 1.82) is 0 Å². The molecule has 134 valence electrons. The normalized spacial score (nSPS) is 19.7. The van der Waals surface area contributed by atoms with E-state index in [0.29, 0.717) is 11.3 Å². The molecule has 2 N–H and O–H groups in total. The Balaban J connectivity index is 1.69. The fourth-order valence-electron chi connectivity index (χ4n) is 3.38. The van der Waals surface area contributed by atoms with Crippen LogP contribution in [0.5, 0.6) is 0 Å². The Labute approximate surface area is 153 Å². The number of hydrogen-bond acceptors (Lipinski definition) is 3. The molecule has 26 heavy (non-hydrogen) atoms. The van der Waals surface area contributed by atoms with Crippen molar-refractivity contribution in [1.82, 2.24) is 10.2 Å². The summed E-state index contributed by atoms with van der Waals surface area (Å²) in [5.41, 5.74) is 2.41. The van der Waals surface area contributed by atoms with Crippen LogP contribution in [0.25, 0.3) is 0 Å². The highest BCUT2D eigenvalue weighted by atomic mass is 16.2. The molecule has 5 heteroatoms. The number of nitrogens with zero attached hydrogens (tertiary/aromatic N) is 1. The maximum atomic E-state index is 12.6. The molecule has 2 aromatic carbocycles. The molecule has 3 rings (SSSR count). The van der Waals surface area contributed by atoms with Crippen LogP contribution in [0.3, 0.4) is 0 Å². The maximum Gasteiger partial charge on any atom is 0.251 e. The third-order valence-electron chi connectivity index (χ3n) is 4.71. The molecule has 0 radical (unpaired) electrons. The Hall–Kier alpha value is -2.92. The van der Waals surface area contributed by atoms with Gasteiger partial charge in [0.25, 0.3) is 5.91 Å². The zero-order valence-electron chi connectivity index (χ0n) is 14.8. The van der Waals surface area contributed by atoms with Gasteiger partial charge >= 0.3 is 0 Å². The van der Waals surface area contributed by atoms with E-state index in [1.165, 1.54) is 11.6 Å². The van der Waals surface area contributed by atoms with Crippen LogP contribution >= 0.6 is 0 Å². The lowest BCUT2D eigenvalue weighted by Crippen LogP contribution is -2.38. The number of hydrogen-bond donors (Lipinski definition) is 2. The van der Waals surface area contributed by atoms with Gasteiger partial charge in [0.05, 0.1) is 12.1 Å². The largest absolute Gasteiger partial charge is 0.347 e. The van der Waals surface area contributed by atoms with E-state index in [1.807, 2.05) is 18.2 Å². The highest BCUT2D eigenvalue weighted by Crippen LogP contribution is 2.31. The zero-order chi connectivity index (χ0) is 18.5. The third kappa shape index (κ3) is 4.00. The van der Waals surface area contributed by atoms with Crippen LogP contribution in [0.15, 0.2) is 67.3 Å². The molecule has 1 aliphatic heterocycles. The van der Waals surface area contributed by atoms with E-state index in [0.717, 1.165) is 13.0 Å². The van der Waals surface area contributed by atoms with Crippen LogP contribution in [0.4, 0.5) is 5.69 Å². The van der Waals surface area contributed by atoms with Crippen LogP contribution in [0, 0.1) is 0 Å². The van der Waals surface area contributed by atoms with Gasteiger partial charge in [-0.25, -0.2) is 0 Å².